The third-order valence-electron chi connectivity index (χ3n) is 3.93. The van der Waals surface area contributed by atoms with E-state index >= 15 is 0 Å². The first-order valence-electron chi connectivity index (χ1n) is 6.96. The topological polar surface area (TPSA) is 12.0 Å². The molecular formula is C17H17BrFN. The van der Waals surface area contributed by atoms with Crippen molar-refractivity contribution >= 4 is 15.9 Å². The van der Waals surface area contributed by atoms with Crippen molar-refractivity contribution in [3.63, 3.8) is 0 Å². The van der Waals surface area contributed by atoms with Gasteiger partial charge in [0.25, 0.3) is 0 Å². The molecule has 3 rings (SSSR count). The number of halogens is 2. The van der Waals surface area contributed by atoms with Gasteiger partial charge in [-0.1, -0.05) is 30.3 Å². The summed E-state index contributed by atoms with van der Waals surface area (Å²) in [5.74, 6) is -0.208. The highest BCUT2D eigenvalue weighted by Gasteiger charge is 2.17. The molecule has 1 unspecified atom stereocenters. The molecule has 0 aromatic heterocycles. The molecule has 0 bridgehead atoms. The van der Waals surface area contributed by atoms with Crippen LogP contribution in [0.15, 0.2) is 46.9 Å². The number of aryl methyl sites for hydroxylation is 1. The second-order valence-corrected chi connectivity index (χ2v) is 6.19. The summed E-state index contributed by atoms with van der Waals surface area (Å²) in [7, 11) is 0. The fourth-order valence-corrected chi connectivity index (χ4v) is 3.21. The molecule has 1 N–H and O–H groups in total. The molecule has 0 spiro atoms. The van der Waals surface area contributed by atoms with Crippen LogP contribution in [0.3, 0.4) is 0 Å². The Morgan fingerprint density at radius 2 is 1.95 bits per heavy atom. The molecule has 104 valence electrons. The Kier molecular flexibility index (Phi) is 4.18. The first kappa shape index (κ1) is 13.8. The van der Waals surface area contributed by atoms with Crippen molar-refractivity contribution in [3.05, 3.63) is 69.4 Å². The minimum Gasteiger partial charge on any atom is -0.310 e. The van der Waals surface area contributed by atoms with Gasteiger partial charge in [-0.15, -0.1) is 0 Å². The van der Waals surface area contributed by atoms with E-state index in [0.29, 0.717) is 10.5 Å². The maximum atomic E-state index is 13.2. The van der Waals surface area contributed by atoms with Crippen LogP contribution in [0.2, 0.25) is 0 Å². The van der Waals surface area contributed by atoms with Gasteiger partial charge >= 0.3 is 0 Å². The monoisotopic (exact) mass is 333 g/mol. The Morgan fingerprint density at radius 1 is 1.15 bits per heavy atom. The zero-order valence-corrected chi connectivity index (χ0v) is 12.8. The van der Waals surface area contributed by atoms with Crippen LogP contribution < -0.4 is 5.32 Å². The van der Waals surface area contributed by atoms with Gasteiger partial charge in [-0.25, -0.2) is 4.39 Å². The first-order valence-corrected chi connectivity index (χ1v) is 7.76. The van der Waals surface area contributed by atoms with Gasteiger partial charge in [-0.3, -0.25) is 0 Å². The van der Waals surface area contributed by atoms with E-state index in [-0.39, 0.29) is 5.82 Å². The molecule has 3 heteroatoms. The molecule has 1 nitrogen and oxygen atoms in total. The Balaban J connectivity index is 1.61. The third kappa shape index (κ3) is 3.10. The molecule has 0 amide bonds. The van der Waals surface area contributed by atoms with Gasteiger partial charge in [0.1, 0.15) is 5.82 Å². The largest absolute Gasteiger partial charge is 0.310 e. The molecule has 0 saturated carbocycles. The zero-order chi connectivity index (χ0) is 13.9. The maximum Gasteiger partial charge on any atom is 0.137 e. The Morgan fingerprint density at radius 3 is 2.75 bits per heavy atom. The predicted molar refractivity (Wildman–Crippen MR) is 83.2 cm³/mol. The molecule has 0 fully saturated rings. The number of hydrogen-bond acceptors (Lipinski definition) is 1. The van der Waals surface area contributed by atoms with Crippen molar-refractivity contribution in [2.75, 3.05) is 0 Å². The summed E-state index contributed by atoms with van der Waals surface area (Å²) in [6.07, 6.45) is 3.39. The van der Waals surface area contributed by atoms with Gasteiger partial charge in [0, 0.05) is 12.6 Å². The van der Waals surface area contributed by atoms with Crippen LogP contribution in [0, 0.1) is 5.82 Å². The molecule has 0 saturated heterocycles. The van der Waals surface area contributed by atoms with Crippen LogP contribution in [-0.4, -0.2) is 6.04 Å². The van der Waals surface area contributed by atoms with E-state index in [1.807, 2.05) is 12.1 Å². The lowest BCUT2D eigenvalue weighted by Gasteiger charge is -2.25. The minimum absolute atomic E-state index is 0.208. The van der Waals surface area contributed by atoms with Crippen LogP contribution in [-0.2, 0) is 19.4 Å². The van der Waals surface area contributed by atoms with Crippen molar-refractivity contribution in [2.45, 2.75) is 31.8 Å². The summed E-state index contributed by atoms with van der Waals surface area (Å²) in [6, 6.07) is 14.4. The smallest absolute Gasteiger partial charge is 0.137 e. The van der Waals surface area contributed by atoms with Crippen LogP contribution in [0.5, 0.6) is 0 Å². The van der Waals surface area contributed by atoms with Crippen molar-refractivity contribution in [1.29, 1.82) is 0 Å². The van der Waals surface area contributed by atoms with E-state index < -0.39 is 0 Å². The lowest BCUT2D eigenvalue weighted by atomic mass is 9.88. The summed E-state index contributed by atoms with van der Waals surface area (Å²) in [5, 5.41) is 3.58. The summed E-state index contributed by atoms with van der Waals surface area (Å²) in [6.45, 7) is 0.783. The van der Waals surface area contributed by atoms with E-state index in [1.54, 1.807) is 0 Å². The average Bonchev–Trinajstić information content (AvgIpc) is 2.48. The van der Waals surface area contributed by atoms with Crippen molar-refractivity contribution in [1.82, 2.24) is 5.32 Å². The number of nitrogens with one attached hydrogen (secondary N) is 1. The summed E-state index contributed by atoms with van der Waals surface area (Å²) in [4.78, 5) is 0. The van der Waals surface area contributed by atoms with Gasteiger partial charge in [-0.05, 0) is 64.0 Å². The molecule has 20 heavy (non-hydrogen) atoms. The fraction of sp³-hybridized carbons (Fsp3) is 0.294. The van der Waals surface area contributed by atoms with Crippen LogP contribution in [0.25, 0.3) is 0 Å². The maximum absolute atomic E-state index is 13.2. The second kappa shape index (κ2) is 6.06. The van der Waals surface area contributed by atoms with Gasteiger partial charge in [0.15, 0.2) is 0 Å². The predicted octanol–water partition coefficient (Wildman–Crippen LogP) is 4.24. The molecule has 1 aliphatic rings. The van der Waals surface area contributed by atoms with Crippen molar-refractivity contribution in [2.24, 2.45) is 0 Å². The SMILES string of the molecule is Fc1ccc(CNC2CCc3ccccc3C2)cc1Br. The van der Waals surface area contributed by atoms with Crippen LogP contribution in [0.4, 0.5) is 4.39 Å². The molecule has 1 atom stereocenters. The van der Waals surface area contributed by atoms with Crippen LogP contribution in [0.1, 0.15) is 23.1 Å². The first-order chi connectivity index (χ1) is 9.72. The van der Waals surface area contributed by atoms with Gasteiger partial charge in [0.2, 0.25) is 0 Å². The summed E-state index contributed by atoms with van der Waals surface area (Å²) >= 11 is 3.23. The van der Waals surface area contributed by atoms with E-state index in [0.717, 1.165) is 24.9 Å². The normalized spacial score (nSPS) is 17.8. The molecule has 2 aromatic rings. The highest BCUT2D eigenvalue weighted by molar-refractivity contribution is 9.10. The van der Waals surface area contributed by atoms with E-state index in [4.69, 9.17) is 0 Å². The van der Waals surface area contributed by atoms with Crippen molar-refractivity contribution in [3.8, 4) is 0 Å². The lowest BCUT2D eigenvalue weighted by molar-refractivity contribution is 0.457. The highest BCUT2D eigenvalue weighted by atomic mass is 79.9. The zero-order valence-electron chi connectivity index (χ0n) is 11.2. The Hall–Kier alpha value is -1.19. The van der Waals surface area contributed by atoms with E-state index in [9.17, 15) is 4.39 Å². The standard InChI is InChI=1S/C17H17BrFN/c18-16-9-12(5-8-17(16)19)11-20-15-7-6-13-3-1-2-4-14(13)10-15/h1-5,8-9,15,20H,6-7,10-11H2. The average molecular weight is 334 g/mol. The summed E-state index contributed by atoms with van der Waals surface area (Å²) < 4.78 is 13.7. The van der Waals surface area contributed by atoms with Crippen molar-refractivity contribution < 1.29 is 4.39 Å². The van der Waals surface area contributed by atoms with Gasteiger partial charge in [-0.2, -0.15) is 0 Å². The number of fused-ring (bicyclic) bond motifs is 1. The molecule has 1 aliphatic carbocycles. The van der Waals surface area contributed by atoms with Gasteiger partial charge in [0.05, 0.1) is 4.47 Å². The highest BCUT2D eigenvalue weighted by Crippen LogP contribution is 2.22. The number of rotatable bonds is 3. The molecule has 0 aliphatic heterocycles. The molecule has 0 radical (unpaired) electrons. The third-order valence-corrected chi connectivity index (χ3v) is 4.53. The Labute approximate surface area is 127 Å². The number of hydrogen-bond donors (Lipinski definition) is 1. The molecule has 0 heterocycles. The molecular weight excluding hydrogens is 317 g/mol. The van der Waals surface area contributed by atoms with E-state index in [2.05, 4.69) is 45.5 Å². The minimum atomic E-state index is -0.208. The van der Waals surface area contributed by atoms with Crippen LogP contribution >= 0.6 is 15.9 Å². The fourth-order valence-electron chi connectivity index (χ4n) is 2.78. The second-order valence-electron chi connectivity index (χ2n) is 5.34. The lowest BCUT2D eigenvalue weighted by Crippen LogP contribution is -2.34. The molecule has 2 aromatic carbocycles. The Bertz CT molecular complexity index is 612. The van der Waals surface area contributed by atoms with Gasteiger partial charge < -0.3 is 5.32 Å². The summed E-state index contributed by atoms with van der Waals surface area (Å²) in [5.41, 5.74) is 4.05. The quantitative estimate of drug-likeness (QED) is 0.886. The number of benzene rings is 2. The van der Waals surface area contributed by atoms with E-state index in [1.165, 1.54) is 23.6 Å².